The maximum Gasteiger partial charge on any atom is 0.308 e. The zero-order valence-corrected chi connectivity index (χ0v) is 14.2. The summed E-state index contributed by atoms with van der Waals surface area (Å²) in [6.07, 6.45) is 5.22. The van der Waals surface area contributed by atoms with Crippen LogP contribution >= 0.6 is 0 Å². The van der Waals surface area contributed by atoms with Gasteiger partial charge < -0.3 is 14.9 Å². The number of carboxylic acids is 1. The molecule has 5 unspecified atom stereocenters. The van der Waals surface area contributed by atoms with Crippen LogP contribution < -0.4 is 0 Å². The Balaban J connectivity index is 1.31. The third kappa shape index (κ3) is 2.50. The standard InChI is InChI=1S/C18H26N2O4/c1-19(9-13(21)20-6-2-3-12(8-20)18(23)24)17(22)16-14-10-4-5-11(7-10)15(14)16/h10-12,14-16H,2-9H2,1H3,(H,23,24). The van der Waals surface area contributed by atoms with Gasteiger partial charge in [0.2, 0.25) is 11.8 Å². The van der Waals surface area contributed by atoms with Crippen molar-refractivity contribution in [3.63, 3.8) is 0 Å². The van der Waals surface area contributed by atoms with Crippen LogP contribution in [0, 0.1) is 35.5 Å². The number of piperidine rings is 1. The molecule has 0 aromatic heterocycles. The van der Waals surface area contributed by atoms with Gasteiger partial charge in [0.15, 0.2) is 0 Å². The Labute approximate surface area is 142 Å². The minimum atomic E-state index is -0.835. The smallest absolute Gasteiger partial charge is 0.308 e. The minimum absolute atomic E-state index is 0.0798. The number of nitrogens with zero attached hydrogens (tertiary/aromatic N) is 2. The van der Waals surface area contributed by atoms with E-state index in [0.29, 0.717) is 24.8 Å². The molecule has 1 N–H and O–H groups in total. The molecule has 0 radical (unpaired) electrons. The van der Waals surface area contributed by atoms with Gasteiger partial charge in [0.05, 0.1) is 12.5 Å². The molecule has 2 amide bonds. The summed E-state index contributed by atoms with van der Waals surface area (Å²) < 4.78 is 0. The summed E-state index contributed by atoms with van der Waals surface area (Å²) in [7, 11) is 1.72. The molecule has 1 saturated heterocycles. The Hall–Kier alpha value is -1.59. The number of fused-ring (bicyclic) bond motifs is 5. The topological polar surface area (TPSA) is 77.9 Å². The van der Waals surface area contributed by atoms with Crippen molar-refractivity contribution in [3.05, 3.63) is 0 Å². The summed E-state index contributed by atoms with van der Waals surface area (Å²) >= 11 is 0. The normalized spacial score (nSPS) is 39.5. The number of likely N-dealkylation sites (tertiary alicyclic amines) is 1. The molecule has 1 heterocycles. The lowest BCUT2D eigenvalue weighted by Gasteiger charge is -2.32. The molecule has 0 aromatic rings. The van der Waals surface area contributed by atoms with E-state index in [2.05, 4.69) is 0 Å². The van der Waals surface area contributed by atoms with Crippen LogP contribution in [0.1, 0.15) is 32.1 Å². The summed E-state index contributed by atoms with van der Waals surface area (Å²) in [4.78, 5) is 39.5. The molecule has 1 aliphatic heterocycles. The van der Waals surface area contributed by atoms with E-state index >= 15 is 0 Å². The highest BCUT2D eigenvalue weighted by molar-refractivity contribution is 5.88. The van der Waals surface area contributed by atoms with Crippen LogP contribution in [0.3, 0.4) is 0 Å². The Kier molecular flexibility index (Phi) is 3.81. The third-order valence-corrected chi connectivity index (χ3v) is 6.89. The number of hydrogen-bond donors (Lipinski definition) is 1. The molecule has 4 fully saturated rings. The van der Waals surface area contributed by atoms with Crippen molar-refractivity contribution in [1.82, 2.24) is 9.80 Å². The average molecular weight is 334 g/mol. The van der Waals surface area contributed by atoms with Gasteiger partial charge in [-0.25, -0.2) is 0 Å². The van der Waals surface area contributed by atoms with Crippen molar-refractivity contribution in [2.75, 3.05) is 26.7 Å². The van der Waals surface area contributed by atoms with Crippen molar-refractivity contribution < 1.29 is 19.5 Å². The van der Waals surface area contributed by atoms with Gasteiger partial charge >= 0.3 is 5.97 Å². The second-order valence-electron chi connectivity index (χ2n) is 8.23. The Morgan fingerprint density at radius 1 is 1.12 bits per heavy atom. The van der Waals surface area contributed by atoms with Gasteiger partial charge in [0.1, 0.15) is 0 Å². The van der Waals surface area contributed by atoms with E-state index in [1.807, 2.05) is 0 Å². The number of likely N-dealkylation sites (N-methyl/N-ethyl adjacent to an activating group) is 1. The lowest BCUT2D eigenvalue weighted by atomic mass is 9.98. The predicted molar refractivity (Wildman–Crippen MR) is 85.9 cm³/mol. The van der Waals surface area contributed by atoms with Crippen LogP contribution in [0.5, 0.6) is 0 Å². The highest BCUT2D eigenvalue weighted by Gasteiger charge is 2.67. The molecule has 6 heteroatoms. The molecule has 24 heavy (non-hydrogen) atoms. The maximum absolute atomic E-state index is 12.7. The van der Waals surface area contributed by atoms with Crippen LogP contribution in [0.2, 0.25) is 0 Å². The van der Waals surface area contributed by atoms with E-state index in [1.54, 1.807) is 16.8 Å². The average Bonchev–Trinajstić information content (AvgIpc) is 3.00. The van der Waals surface area contributed by atoms with Crippen LogP contribution in [0.4, 0.5) is 0 Å². The molecule has 132 valence electrons. The van der Waals surface area contributed by atoms with E-state index in [9.17, 15) is 14.4 Å². The molecule has 3 saturated carbocycles. The second kappa shape index (κ2) is 5.74. The number of carboxylic acid groups (broad SMARTS) is 1. The number of hydrogen-bond acceptors (Lipinski definition) is 3. The van der Waals surface area contributed by atoms with Gasteiger partial charge in [0, 0.05) is 26.1 Å². The molecule has 5 atom stereocenters. The Morgan fingerprint density at radius 2 is 1.79 bits per heavy atom. The van der Waals surface area contributed by atoms with E-state index in [4.69, 9.17) is 5.11 Å². The van der Waals surface area contributed by atoms with Gasteiger partial charge in [-0.1, -0.05) is 0 Å². The first-order valence-electron chi connectivity index (χ1n) is 9.23. The van der Waals surface area contributed by atoms with Crippen molar-refractivity contribution in [2.45, 2.75) is 32.1 Å². The molecule has 6 nitrogen and oxygen atoms in total. The fourth-order valence-electron chi connectivity index (χ4n) is 5.70. The van der Waals surface area contributed by atoms with Gasteiger partial charge in [-0.15, -0.1) is 0 Å². The number of amides is 2. The molecule has 2 bridgehead atoms. The first-order valence-corrected chi connectivity index (χ1v) is 9.23. The third-order valence-electron chi connectivity index (χ3n) is 6.89. The van der Waals surface area contributed by atoms with Gasteiger partial charge in [-0.05, 0) is 55.8 Å². The molecule has 3 aliphatic carbocycles. The first-order chi connectivity index (χ1) is 11.5. The molecular formula is C18H26N2O4. The summed E-state index contributed by atoms with van der Waals surface area (Å²) in [5.41, 5.74) is 0. The first kappa shape index (κ1) is 15.9. The SMILES string of the molecule is CN(CC(=O)N1CCCC(C(=O)O)C1)C(=O)C1C2C3CCC(C3)C12. The Morgan fingerprint density at radius 3 is 2.42 bits per heavy atom. The van der Waals surface area contributed by atoms with Gasteiger partial charge in [0.25, 0.3) is 0 Å². The monoisotopic (exact) mass is 334 g/mol. The summed E-state index contributed by atoms with van der Waals surface area (Å²) in [5, 5.41) is 9.13. The zero-order valence-electron chi connectivity index (χ0n) is 14.2. The second-order valence-corrected chi connectivity index (χ2v) is 8.23. The summed E-state index contributed by atoms with van der Waals surface area (Å²) in [5.74, 6) is 1.52. The van der Waals surface area contributed by atoms with Crippen LogP contribution in [-0.4, -0.2) is 59.4 Å². The molecule has 0 aromatic carbocycles. The van der Waals surface area contributed by atoms with Crippen LogP contribution in [-0.2, 0) is 14.4 Å². The number of rotatable bonds is 4. The number of carbonyl (C=O) groups excluding carboxylic acids is 2. The quantitative estimate of drug-likeness (QED) is 0.834. The molecule has 4 aliphatic rings. The molecule has 4 rings (SSSR count). The zero-order chi connectivity index (χ0) is 17.0. The largest absolute Gasteiger partial charge is 0.481 e. The Bertz CT molecular complexity index is 561. The van der Waals surface area contributed by atoms with E-state index in [1.165, 1.54) is 19.3 Å². The van der Waals surface area contributed by atoms with Crippen molar-refractivity contribution >= 4 is 17.8 Å². The summed E-state index contributed by atoms with van der Waals surface area (Å²) in [6, 6.07) is 0. The molecular weight excluding hydrogens is 308 g/mol. The highest BCUT2D eigenvalue weighted by atomic mass is 16.4. The maximum atomic E-state index is 12.7. The van der Waals surface area contributed by atoms with Gasteiger partial charge in [-0.3, -0.25) is 14.4 Å². The fourth-order valence-corrected chi connectivity index (χ4v) is 5.70. The highest BCUT2D eigenvalue weighted by Crippen LogP contribution is 2.69. The lowest BCUT2D eigenvalue weighted by molar-refractivity contribution is -0.147. The fraction of sp³-hybridized carbons (Fsp3) is 0.833. The number of aliphatic carboxylic acids is 1. The number of carbonyl (C=O) groups is 3. The van der Waals surface area contributed by atoms with Crippen molar-refractivity contribution in [1.29, 1.82) is 0 Å². The van der Waals surface area contributed by atoms with Crippen LogP contribution in [0.15, 0.2) is 0 Å². The van der Waals surface area contributed by atoms with Gasteiger partial charge in [-0.2, -0.15) is 0 Å². The van der Waals surface area contributed by atoms with Crippen molar-refractivity contribution in [3.8, 4) is 0 Å². The van der Waals surface area contributed by atoms with Crippen LogP contribution in [0.25, 0.3) is 0 Å². The minimum Gasteiger partial charge on any atom is -0.481 e. The predicted octanol–water partition coefficient (Wildman–Crippen LogP) is 1.06. The lowest BCUT2D eigenvalue weighted by Crippen LogP contribution is -2.47. The van der Waals surface area contributed by atoms with E-state index in [0.717, 1.165) is 18.3 Å². The van der Waals surface area contributed by atoms with Crippen molar-refractivity contribution in [2.24, 2.45) is 35.5 Å². The summed E-state index contributed by atoms with van der Waals surface area (Å²) in [6.45, 7) is 0.953. The van der Waals surface area contributed by atoms with E-state index in [-0.39, 0.29) is 30.8 Å². The molecule has 0 spiro atoms. The van der Waals surface area contributed by atoms with E-state index < -0.39 is 11.9 Å².